The van der Waals surface area contributed by atoms with Gasteiger partial charge in [-0.15, -0.1) is 0 Å². The van der Waals surface area contributed by atoms with Gasteiger partial charge in [-0.3, -0.25) is 0 Å². The predicted octanol–water partition coefficient (Wildman–Crippen LogP) is 2.83. The molecule has 0 bridgehead atoms. The van der Waals surface area contributed by atoms with E-state index in [1.807, 2.05) is 6.07 Å². The third-order valence-electron chi connectivity index (χ3n) is 3.88. The summed E-state index contributed by atoms with van der Waals surface area (Å²) in [6.45, 7) is 0.760. The maximum Gasteiger partial charge on any atom is 0.192 e. The molecule has 0 aromatic heterocycles. The molecule has 2 aliphatic carbocycles. The summed E-state index contributed by atoms with van der Waals surface area (Å²) in [6, 6.07) is 11.7. The topological polar surface area (TPSA) is 36.4 Å². The number of benzene rings is 1. The molecule has 2 fully saturated rings. The number of hydrogen-bond acceptors (Lipinski definition) is 1. The van der Waals surface area contributed by atoms with E-state index >= 15 is 0 Å². The van der Waals surface area contributed by atoms with Gasteiger partial charge in [0.05, 0.1) is 6.54 Å². The lowest BCUT2D eigenvalue weighted by Crippen LogP contribution is -2.43. The van der Waals surface area contributed by atoms with E-state index in [1.54, 1.807) is 0 Å². The van der Waals surface area contributed by atoms with Crippen molar-refractivity contribution in [3.63, 3.8) is 0 Å². The van der Waals surface area contributed by atoms with Gasteiger partial charge in [0.15, 0.2) is 5.96 Å². The highest BCUT2D eigenvalue weighted by Gasteiger charge is 2.24. The minimum atomic E-state index is 0.626. The van der Waals surface area contributed by atoms with Crippen molar-refractivity contribution in [2.45, 2.75) is 57.2 Å². The summed E-state index contributed by atoms with van der Waals surface area (Å²) in [5, 5.41) is 7.12. The van der Waals surface area contributed by atoms with Gasteiger partial charge in [-0.2, -0.15) is 0 Å². The molecule has 0 amide bonds. The van der Waals surface area contributed by atoms with E-state index in [0.717, 1.165) is 12.5 Å². The van der Waals surface area contributed by atoms with Crippen molar-refractivity contribution in [3.05, 3.63) is 35.9 Å². The zero-order chi connectivity index (χ0) is 12.9. The van der Waals surface area contributed by atoms with E-state index in [-0.39, 0.29) is 0 Å². The third kappa shape index (κ3) is 3.98. The normalized spacial score (nSPS) is 20.5. The van der Waals surface area contributed by atoms with Crippen LogP contribution in [0, 0.1) is 0 Å². The summed E-state index contributed by atoms with van der Waals surface area (Å²) in [5.74, 6) is 1.01. The van der Waals surface area contributed by atoms with Crippen LogP contribution in [-0.2, 0) is 6.54 Å². The van der Waals surface area contributed by atoms with Crippen LogP contribution in [0.2, 0.25) is 0 Å². The molecule has 3 nitrogen and oxygen atoms in total. The molecule has 3 rings (SSSR count). The second-order valence-electron chi connectivity index (χ2n) is 5.69. The van der Waals surface area contributed by atoms with Gasteiger partial charge in [0.25, 0.3) is 0 Å². The maximum atomic E-state index is 4.73. The minimum Gasteiger partial charge on any atom is -0.354 e. The van der Waals surface area contributed by atoms with Gasteiger partial charge in [-0.1, -0.05) is 43.2 Å². The molecule has 102 valence electrons. The average Bonchev–Trinajstić information content (AvgIpc) is 3.11. The molecule has 2 aliphatic rings. The van der Waals surface area contributed by atoms with Crippen molar-refractivity contribution in [1.29, 1.82) is 0 Å². The van der Waals surface area contributed by atoms with Crippen LogP contribution in [0.4, 0.5) is 0 Å². The average molecular weight is 257 g/mol. The predicted molar refractivity (Wildman–Crippen MR) is 79.1 cm³/mol. The molecule has 2 N–H and O–H groups in total. The Hall–Kier alpha value is -1.51. The fraction of sp³-hybridized carbons (Fsp3) is 0.562. The second-order valence-corrected chi connectivity index (χ2v) is 5.69. The molecule has 1 aromatic rings. The SMILES string of the molecule is c1ccc(CN=C(NC2CCCC2)NC2CC2)cc1. The van der Waals surface area contributed by atoms with Crippen molar-refractivity contribution in [1.82, 2.24) is 10.6 Å². The summed E-state index contributed by atoms with van der Waals surface area (Å²) in [4.78, 5) is 4.73. The lowest BCUT2D eigenvalue weighted by Gasteiger charge is -2.17. The van der Waals surface area contributed by atoms with E-state index < -0.39 is 0 Å². The Morgan fingerprint density at radius 1 is 0.947 bits per heavy atom. The molecule has 0 unspecified atom stereocenters. The second kappa shape index (κ2) is 6.09. The zero-order valence-corrected chi connectivity index (χ0v) is 11.4. The number of aliphatic imine (C=N–C) groups is 1. The van der Waals surface area contributed by atoms with Crippen LogP contribution in [0.5, 0.6) is 0 Å². The molecule has 2 saturated carbocycles. The van der Waals surface area contributed by atoms with Crippen molar-refractivity contribution < 1.29 is 0 Å². The van der Waals surface area contributed by atoms with Crippen molar-refractivity contribution in [2.75, 3.05) is 0 Å². The fourth-order valence-electron chi connectivity index (χ4n) is 2.57. The summed E-state index contributed by atoms with van der Waals surface area (Å²) >= 11 is 0. The minimum absolute atomic E-state index is 0.626. The largest absolute Gasteiger partial charge is 0.354 e. The van der Waals surface area contributed by atoms with Crippen molar-refractivity contribution in [3.8, 4) is 0 Å². The highest BCUT2D eigenvalue weighted by molar-refractivity contribution is 5.80. The summed E-state index contributed by atoms with van der Waals surface area (Å²) < 4.78 is 0. The van der Waals surface area contributed by atoms with E-state index in [9.17, 15) is 0 Å². The maximum absolute atomic E-state index is 4.73. The van der Waals surface area contributed by atoms with Gasteiger partial charge in [-0.25, -0.2) is 4.99 Å². The fourth-order valence-corrected chi connectivity index (χ4v) is 2.57. The van der Waals surface area contributed by atoms with Crippen molar-refractivity contribution >= 4 is 5.96 Å². The molecule has 0 radical (unpaired) electrons. The number of nitrogens with one attached hydrogen (secondary N) is 2. The van der Waals surface area contributed by atoms with Gasteiger partial charge in [0.2, 0.25) is 0 Å². The molecule has 0 heterocycles. The number of nitrogens with zero attached hydrogens (tertiary/aromatic N) is 1. The standard InChI is InChI=1S/C16H23N3/c1-2-6-13(7-3-1)12-17-16(19-15-10-11-15)18-14-8-4-5-9-14/h1-3,6-7,14-15H,4-5,8-12H2,(H2,17,18,19). The lowest BCUT2D eigenvalue weighted by molar-refractivity contribution is 0.611. The molecule has 1 aromatic carbocycles. The quantitative estimate of drug-likeness (QED) is 0.643. The summed E-state index contributed by atoms with van der Waals surface area (Å²) in [6.07, 6.45) is 7.86. The van der Waals surface area contributed by atoms with Gasteiger partial charge in [-0.05, 0) is 31.2 Å². The molecule has 3 heteroatoms. The Bertz CT molecular complexity index is 417. The first-order valence-corrected chi connectivity index (χ1v) is 7.51. The number of rotatable bonds is 4. The van der Waals surface area contributed by atoms with Gasteiger partial charge >= 0.3 is 0 Å². The Balaban J connectivity index is 1.59. The van der Waals surface area contributed by atoms with Gasteiger partial charge in [0.1, 0.15) is 0 Å². The van der Waals surface area contributed by atoms with Crippen molar-refractivity contribution in [2.24, 2.45) is 4.99 Å². The van der Waals surface area contributed by atoms with E-state index in [1.165, 1.54) is 44.1 Å². The van der Waals surface area contributed by atoms with E-state index in [4.69, 9.17) is 4.99 Å². The monoisotopic (exact) mass is 257 g/mol. The molecule has 0 saturated heterocycles. The Kier molecular flexibility index (Phi) is 4.01. The summed E-state index contributed by atoms with van der Waals surface area (Å²) in [7, 11) is 0. The first kappa shape index (κ1) is 12.5. The van der Waals surface area contributed by atoms with Crippen LogP contribution in [0.3, 0.4) is 0 Å². The Labute approximate surface area is 115 Å². The van der Waals surface area contributed by atoms with E-state index in [2.05, 4.69) is 34.9 Å². The Morgan fingerprint density at radius 3 is 2.21 bits per heavy atom. The number of guanidine groups is 1. The smallest absolute Gasteiger partial charge is 0.192 e. The van der Waals surface area contributed by atoms with Crippen LogP contribution in [0.25, 0.3) is 0 Å². The lowest BCUT2D eigenvalue weighted by atomic mass is 10.2. The van der Waals surface area contributed by atoms with Crippen LogP contribution >= 0.6 is 0 Å². The van der Waals surface area contributed by atoms with Crippen LogP contribution < -0.4 is 10.6 Å². The third-order valence-corrected chi connectivity index (χ3v) is 3.88. The molecule has 0 spiro atoms. The van der Waals surface area contributed by atoms with Crippen LogP contribution in [0.15, 0.2) is 35.3 Å². The molecule has 19 heavy (non-hydrogen) atoms. The van der Waals surface area contributed by atoms with Gasteiger partial charge in [0, 0.05) is 12.1 Å². The highest BCUT2D eigenvalue weighted by Crippen LogP contribution is 2.20. The zero-order valence-electron chi connectivity index (χ0n) is 11.4. The van der Waals surface area contributed by atoms with Gasteiger partial charge < -0.3 is 10.6 Å². The summed E-state index contributed by atoms with van der Waals surface area (Å²) in [5.41, 5.74) is 1.27. The first-order valence-electron chi connectivity index (χ1n) is 7.51. The van der Waals surface area contributed by atoms with E-state index in [0.29, 0.717) is 12.1 Å². The molecule has 0 aliphatic heterocycles. The number of hydrogen-bond donors (Lipinski definition) is 2. The van der Waals surface area contributed by atoms with Crippen LogP contribution in [0.1, 0.15) is 44.1 Å². The molecule has 0 atom stereocenters. The van der Waals surface area contributed by atoms with Crippen LogP contribution in [-0.4, -0.2) is 18.0 Å². The molecular weight excluding hydrogens is 234 g/mol. The Morgan fingerprint density at radius 2 is 1.58 bits per heavy atom. The molecular formula is C16H23N3. The first-order chi connectivity index (χ1) is 9.40. The highest BCUT2D eigenvalue weighted by atomic mass is 15.2.